The number of hydrogen-bond acceptors (Lipinski definition) is 6. The number of carbonyl (C=O) groups excluding carboxylic acids is 1. The van der Waals surface area contributed by atoms with Crippen molar-refractivity contribution in [2.24, 2.45) is 0 Å². The zero-order valence-corrected chi connectivity index (χ0v) is 13.0. The first kappa shape index (κ1) is 15.8. The average molecular weight is 313 g/mol. The maximum absolute atomic E-state index is 11.6. The zero-order valence-electron chi connectivity index (χ0n) is 12.2. The minimum absolute atomic E-state index is 0.0899. The monoisotopic (exact) mass is 312 g/mol. The molecule has 1 aromatic heterocycles. The number of hydrogen-bond donors (Lipinski definition) is 2. The van der Waals surface area contributed by atoms with Gasteiger partial charge in [-0.3, -0.25) is 4.79 Å². The Hall–Kier alpha value is -1.63. The highest BCUT2D eigenvalue weighted by molar-refractivity contribution is 6.28. The molecule has 0 aromatic carbocycles. The fraction of sp³-hybridized carbons (Fsp3) is 0.692. The van der Waals surface area contributed by atoms with Crippen LogP contribution >= 0.6 is 11.6 Å². The van der Waals surface area contributed by atoms with Crippen LogP contribution in [0.2, 0.25) is 5.28 Å². The van der Waals surface area contributed by atoms with E-state index < -0.39 is 0 Å². The first-order valence-electron chi connectivity index (χ1n) is 7.36. The second-order valence-electron chi connectivity index (χ2n) is 4.98. The van der Waals surface area contributed by atoms with Crippen LogP contribution < -0.4 is 15.5 Å². The summed E-state index contributed by atoms with van der Waals surface area (Å²) in [6.07, 6.45) is 4.40. The van der Waals surface area contributed by atoms with E-state index in [4.69, 9.17) is 11.6 Å². The van der Waals surface area contributed by atoms with Gasteiger partial charge in [-0.15, -0.1) is 0 Å². The number of nitrogens with one attached hydrogen (secondary N) is 2. The van der Waals surface area contributed by atoms with Crippen LogP contribution in [-0.4, -0.2) is 47.0 Å². The lowest BCUT2D eigenvalue weighted by Crippen LogP contribution is -2.32. The predicted octanol–water partition coefficient (Wildman–Crippen LogP) is 1.45. The molecule has 1 aliphatic rings. The number of amides is 1. The van der Waals surface area contributed by atoms with Gasteiger partial charge >= 0.3 is 0 Å². The van der Waals surface area contributed by atoms with Crippen molar-refractivity contribution in [1.29, 1.82) is 0 Å². The molecule has 7 nitrogen and oxygen atoms in total. The van der Waals surface area contributed by atoms with Gasteiger partial charge in [-0.2, -0.15) is 15.0 Å². The SMILES string of the molecule is CCCNC(=O)CNc1nc(Cl)nc(N2CCCCC2)n1. The van der Waals surface area contributed by atoms with E-state index in [-0.39, 0.29) is 17.7 Å². The standard InChI is InChI=1S/C13H21ClN6O/c1-2-6-15-10(21)9-16-12-17-11(14)18-13(19-12)20-7-4-3-5-8-20/h2-9H2,1H3,(H,15,21)(H,16,17,18,19). The maximum Gasteiger partial charge on any atom is 0.239 e. The Balaban J connectivity index is 1.96. The van der Waals surface area contributed by atoms with Crippen LogP contribution in [0.1, 0.15) is 32.6 Å². The highest BCUT2D eigenvalue weighted by Gasteiger charge is 2.15. The van der Waals surface area contributed by atoms with E-state index >= 15 is 0 Å². The van der Waals surface area contributed by atoms with Crippen LogP contribution in [-0.2, 0) is 4.79 Å². The molecule has 1 amide bonds. The summed E-state index contributed by atoms with van der Waals surface area (Å²) in [7, 11) is 0. The molecule has 1 saturated heterocycles. The molecule has 116 valence electrons. The van der Waals surface area contributed by atoms with E-state index in [2.05, 4.69) is 30.5 Å². The Labute approximate surface area is 129 Å². The minimum atomic E-state index is -0.0899. The second-order valence-corrected chi connectivity index (χ2v) is 5.32. The first-order valence-corrected chi connectivity index (χ1v) is 7.74. The lowest BCUT2D eigenvalue weighted by Gasteiger charge is -2.26. The fourth-order valence-electron chi connectivity index (χ4n) is 2.14. The van der Waals surface area contributed by atoms with E-state index in [1.165, 1.54) is 6.42 Å². The molecule has 0 aliphatic carbocycles. The molecule has 0 unspecified atom stereocenters. The molecule has 1 aromatic rings. The Kier molecular flexibility index (Phi) is 5.98. The minimum Gasteiger partial charge on any atom is -0.355 e. The van der Waals surface area contributed by atoms with Gasteiger partial charge in [0.2, 0.25) is 23.1 Å². The zero-order chi connectivity index (χ0) is 15.1. The van der Waals surface area contributed by atoms with E-state index in [1.807, 2.05) is 6.92 Å². The van der Waals surface area contributed by atoms with Gasteiger partial charge in [0.15, 0.2) is 0 Å². The number of anilines is 2. The molecule has 0 spiro atoms. The fourth-order valence-corrected chi connectivity index (χ4v) is 2.30. The van der Waals surface area contributed by atoms with E-state index in [0.29, 0.717) is 18.4 Å². The first-order chi connectivity index (χ1) is 10.2. The molecule has 2 heterocycles. The summed E-state index contributed by atoms with van der Waals surface area (Å²) < 4.78 is 0. The molecule has 1 fully saturated rings. The number of halogens is 1. The topological polar surface area (TPSA) is 83.0 Å². The molecule has 0 atom stereocenters. The van der Waals surface area contributed by atoms with Crippen molar-refractivity contribution in [1.82, 2.24) is 20.3 Å². The van der Waals surface area contributed by atoms with Gasteiger partial charge < -0.3 is 15.5 Å². The van der Waals surface area contributed by atoms with E-state index in [0.717, 1.165) is 32.4 Å². The molecule has 2 N–H and O–H groups in total. The summed E-state index contributed by atoms with van der Waals surface area (Å²) in [6.45, 7) is 4.65. The number of rotatable bonds is 6. The third-order valence-corrected chi connectivity index (χ3v) is 3.38. The van der Waals surface area contributed by atoms with Crippen LogP contribution in [0.3, 0.4) is 0 Å². The van der Waals surface area contributed by atoms with Crippen molar-refractivity contribution in [3.8, 4) is 0 Å². The smallest absolute Gasteiger partial charge is 0.239 e. The Morgan fingerprint density at radius 2 is 2.00 bits per heavy atom. The highest BCUT2D eigenvalue weighted by atomic mass is 35.5. The van der Waals surface area contributed by atoms with Crippen LogP contribution in [0.4, 0.5) is 11.9 Å². The average Bonchev–Trinajstić information content (AvgIpc) is 2.51. The summed E-state index contributed by atoms with van der Waals surface area (Å²) in [4.78, 5) is 26.2. The Morgan fingerprint density at radius 1 is 1.24 bits per heavy atom. The number of carbonyl (C=O) groups is 1. The van der Waals surface area contributed by atoms with Gasteiger partial charge in [-0.25, -0.2) is 0 Å². The van der Waals surface area contributed by atoms with Crippen molar-refractivity contribution >= 4 is 29.4 Å². The molecule has 0 saturated carbocycles. The third kappa shape index (κ3) is 5.00. The molecular weight excluding hydrogens is 292 g/mol. The predicted molar refractivity (Wildman–Crippen MR) is 82.7 cm³/mol. The van der Waals surface area contributed by atoms with Crippen LogP contribution in [0.5, 0.6) is 0 Å². The van der Waals surface area contributed by atoms with Crippen molar-refractivity contribution in [3.63, 3.8) is 0 Å². The molecule has 1 aliphatic heterocycles. The van der Waals surface area contributed by atoms with Gasteiger partial charge in [-0.1, -0.05) is 6.92 Å². The van der Waals surface area contributed by atoms with Crippen LogP contribution in [0.25, 0.3) is 0 Å². The number of nitrogens with zero attached hydrogens (tertiary/aromatic N) is 4. The summed E-state index contributed by atoms with van der Waals surface area (Å²) in [5, 5.41) is 5.81. The Morgan fingerprint density at radius 3 is 2.71 bits per heavy atom. The molecule has 0 bridgehead atoms. The second kappa shape index (κ2) is 7.97. The Bertz CT molecular complexity index is 478. The van der Waals surface area contributed by atoms with E-state index in [9.17, 15) is 4.79 Å². The van der Waals surface area contributed by atoms with Gasteiger partial charge in [0.05, 0.1) is 6.54 Å². The quantitative estimate of drug-likeness (QED) is 0.827. The third-order valence-electron chi connectivity index (χ3n) is 3.21. The van der Waals surface area contributed by atoms with Gasteiger partial charge in [0, 0.05) is 19.6 Å². The molecule has 0 radical (unpaired) electrons. The van der Waals surface area contributed by atoms with Crippen molar-refractivity contribution in [3.05, 3.63) is 5.28 Å². The van der Waals surface area contributed by atoms with Gasteiger partial charge in [0.1, 0.15) is 0 Å². The van der Waals surface area contributed by atoms with Crippen LogP contribution in [0.15, 0.2) is 0 Å². The van der Waals surface area contributed by atoms with Crippen molar-refractivity contribution in [2.75, 3.05) is 36.4 Å². The number of aromatic nitrogens is 3. The largest absolute Gasteiger partial charge is 0.355 e. The van der Waals surface area contributed by atoms with Gasteiger partial charge in [0.25, 0.3) is 0 Å². The lowest BCUT2D eigenvalue weighted by molar-refractivity contribution is -0.119. The molecule has 2 rings (SSSR count). The summed E-state index contributed by atoms with van der Waals surface area (Å²) in [6, 6.07) is 0. The van der Waals surface area contributed by atoms with E-state index in [1.54, 1.807) is 0 Å². The van der Waals surface area contributed by atoms with Crippen LogP contribution in [0, 0.1) is 0 Å². The lowest BCUT2D eigenvalue weighted by atomic mass is 10.1. The summed E-state index contributed by atoms with van der Waals surface area (Å²) in [5.74, 6) is 0.821. The summed E-state index contributed by atoms with van der Waals surface area (Å²) >= 11 is 5.94. The molecule has 8 heteroatoms. The normalized spacial score (nSPS) is 14.9. The van der Waals surface area contributed by atoms with Gasteiger partial charge in [-0.05, 0) is 37.3 Å². The highest BCUT2D eigenvalue weighted by Crippen LogP contribution is 2.18. The number of piperidine rings is 1. The molecular formula is C13H21ClN6O. The maximum atomic E-state index is 11.6. The van der Waals surface area contributed by atoms with Crippen molar-refractivity contribution < 1.29 is 4.79 Å². The van der Waals surface area contributed by atoms with Crippen molar-refractivity contribution in [2.45, 2.75) is 32.6 Å². The summed E-state index contributed by atoms with van der Waals surface area (Å²) in [5.41, 5.74) is 0. The molecule has 21 heavy (non-hydrogen) atoms.